The lowest BCUT2D eigenvalue weighted by atomic mass is 9.95. The predicted octanol–water partition coefficient (Wildman–Crippen LogP) is 4.08. The molecule has 3 rings (SSSR count). The number of methoxy groups -OCH3 is 1. The van der Waals surface area contributed by atoms with Crippen molar-refractivity contribution < 1.29 is 23.5 Å². The normalized spacial score (nSPS) is 15.0. The third-order valence-corrected chi connectivity index (χ3v) is 5.79. The fourth-order valence-electron chi connectivity index (χ4n) is 3.90. The number of para-hydroxylation sites is 1. The lowest BCUT2D eigenvalue weighted by molar-refractivity contribution is -0.142. The van der Waals surface area contributed by atoms with E-state index < -0.39 is 17.8 Å². The van der Waals surface area contributed by atoms with Gasteiger partial charge in [0.15, 0.2) is 18.2 Å². The van der Waals surface area contributed by atoms with Crippen LogP contribution in [-0.4, -0.2) is 42.5 Å². The maximum Gasteiger partial charge on any atom is 0.261 e. The van der Waals surface area contributed by atoms with Crippen molar-refractivity contribution in [1.29, 1.82) is 0 Å². The van der Waals surface area contributed by atoms with Crippen molar-refractivity contribution in [2.75, 3.05) is 13.7 Å². The number of hydrogen-bond acceptors (Lipinski definition) is 4. The molecule has 1 atom stereocenters. The molecule has 2 aromatic rings. The van der Waals surface area contributed by atoms with Crippen LogP contribution < -0.4 is 14.8 Å². The first kappa shape index (κ1) is 23.6. The number of hydrogen-bond donors (Lipinski definition) is 1. The second-order valence-electron chi connectivity index (χ2n) is 8.11. The summed E-state index contributed by atoms with van der Waals surface area (Å²) in [6.07, 6.45) is 5.30. The van der Waals surface area contributed by atoms with Crippen LogP contribution in [0.4, 0.5) is 4.39 Å². The van der Waals surface area contributed by atoms with Gasteiger partial charge in [-0.05, 0) is 49.6 Å². The van der Waals surface area contributed by atoms with Crippen LogP contribution in [0.1, 0.15) is 44.6 Å². The van der Waals surface area contributed by atoms with Gasteiger partial charge in [0.05, 0.1) is 7.11 Å². The molecule has 0 heterocycles. The number of carbonyl (C=O) groups excluding carboxylic acids is 2. The van der Waals surface area contributed by atoms with E-state index in [1.54, 1.807) is 26.2 Å². The van der Waals surface area contributed by atoms with Gasteiger partial charge in [0.1, 0.15) is 11.8 Å². The second-order valence-corrected chi connectivity index (χ2v) is 8.11. The molecule has 0 spiro atoms. The number of nitrogens with one attached hydrogen (secondary N) is 1. The number of rotatable bonds is 9. The van der Waals surface area contributed by atoms with E-state index in [1.807, 2.05) is 24.3 Å². The van der Waals surface area contributed by atoms with Crippen molar-refractivity contribution in [1.82, 2.24) is 10.2 Å². The van der Waals surface area contributed by atoms with Crippen LogP contribution in [0.15, 0.2) is 48.5 Å². The van der Waals surface area contributed by atoms with E-state index in [1.165, 1.54) is 23.5 Å². The molecule has 0 aromatic heterocycles. The number of nitrogens with zero attached hydrogens (tertiary/aromatic N) is 1. The Balaban J connectivity index is 1.73. The van der Waals surface area contributed by atoms with Gasteiger partial charge < -0.3 is 19.7 Å². The molecule has 32 heavy (non-hydrogen) atoms. The summed E-state index contributed by atoms with van der Waals surface area (Å²) in [7, 11) is 1.57. The van der Waals surface area contributed by atoms with E-state index in [9.17, 15) is 14.0 Å². The standard InChI is InChI=1S/C25H31FN2O4/c1-18(25(30)27-20-10-4-3-5-11-20)28(16-19-9-8-12-21(15-19)31-2)24(29)17-32-23-14-7-6-13-22(23)26/h6-9,12-15,18,20H,3-5,10-11,16-17H2,1-2H3,(H,27,30)/t18-/m0/s1. The van der Waals surface area contributed by atoms with Gasteiger partial charge in [0.25, 0.3) is 5.91 Å². The van der Waals surface area contributed by atoms with Crippen molar-refractivity contribution >= 4 is 11.8 Å². The average molecular weight is 443 g/mol. The molecule has 7 heteroatoms. The maximum atomic E-state index is 13.9. The minimum Gasteiger partial charge on any atom is -0.497 e. The molecular weight excluding hydrogens is 411 g/mol. The monoisotopic (exact) mass is 442 g/mol. The van der Waals surface area contributed by atoms with Gasteiger partial charge >= 0.3 is 0 Å². The summed E-state index contributed by atoms with van der Waals surface area (Å²) < 4.78 is 24.6. The van der Waals surface area contributed by atoms with Crippen molar-refractivity contribution in [3.8, 4) is 11.5 Å². The van der Waals surface area contributed by atoms with Crippen LogP contribution in [0.2, 0.25) is 0 Å². The highest BCUT2D eigenvalue weighted by Gasteiger charge is 2.28. The van der Waals surface area contributed by atoms with Crippen LogP contribution in [0.25, 0.3) is 0 Å². The summed E-state index contributed by atoms with van der Waals surface area (Å²) in [4.78, 5) is 27.5. The lowest BCUT2D eigenvalue weighted by Gasteiger charge is -2.31. The van der Waals surface area contributed by atoms with E-state index in [-0.39, 0.29) is 30.9 Å². The Morgan fingerprint density at radius 1 is 1.12 bits per heavy atom. The van der Waals surface area contributed by atoms with Crippen molar-refractivity contribution in [2.45, 2.75) is 57.7 Å². The van der Waals surface area contributed by atoms with E-state index in [2.05, 4.69) is 5.32 Å². The summed E-state index contributed by atoms with van der Waals surface area (Å²) in [6.45, 7) is 1.54. The number of benzene rings is 2. The SMILES string of the molecule is COc1cccc(CN(C(=O)COc2ccccc2F)[C@@H](C)C(=O)NC2CCCCC2)c1. The quantitative estimate of drug-likeness (QED) is 0.636. The summed E-state index contributed by atoms with van der Waals surface area (Å²) in [5, 5.41) is 3.09. The average Bonchev–Trinajstić information content (AvgIpc) is 2.82. The van der Waals surface area contributed by atoms with Gasteiger partial charge in [-0.1, -0.05) is 43.5 Å². The lowest BCUT2D eigenvalue weighted by Crippen LogP contribution is -2.51. The molecule has 1 fully saturated rings. The van der Waals surface area contributed by atoms with E-state index in [4.69, 9.17) is 9.47 Å². The molecule has 0 radical (unpaired) electrons. The zero-order chi connectivity index (χ0) is 22.9. The molecule has 1 aliphatic rings. The first-order chi connectivity index (χ1) is 15.5. The summed E-state index contributed by atoms with van der Waals surface area (Å²) in [6, 6.07) is 12.7. The van der Waals surface area contributed by atoms with E-state index in [0.29, 0.717) is 5.75 Å². The van der Waals surface area contributed by atoms with Crippen LogP contribution >= 0.6 is 0 Å². The fraction of sp³-hybridized carbons (Fsp3) is 0.440. The molecule has 1 saturated carbocycles. The first-order valence-corrected chi connectivity index (χ1v) is 11.1. The summed E-state index contributed by atoms with van der Waals surface area (Å²) in [5.41, 5.74) is 0.820. The Hall–Kier alpha value is -3.09. The molecule has 6 nitrogen and oxygen atoms in total. The number of amides is 2. The van der Waals surface area contributed by atoms with Crippen LogP contribution in [-0.2, 0) is 16.1 Å². The highest BCUT2D eigenvalue weighted by Crippen LogP contribution is 2.20. The summed E-state index contributed by atoms with van der Waals surface area (Å²) >= 11 is 0. The predicted molar refractivity (Wildman–Crippen MR) is 120 cm³/mol. The van der Waals surface area contributed by atoms with Gasteiger partial charge in [-0.15, -0.1) is 0 Å². The summed E-state index contributed by atoms with van der Waals surface area (Å²) in [5.74, 6) is -0.470. The molecule has 2 aromatic carbocycles. The molecule has 0 unspecified atom stereocenters. The van der Waals surface area contributed by atoms with Crippen molar-refractivity contribution in [3.63, 3.8) is 0 Å². The van der Waals surface area contributed by atoms with Gasteiger partial charge in [-0.25, -0.2) is 4.39 Å². The zero-order valence-corrected chi connectivity index (χ0v) is 18.7. The molecule has 0 aliphatic heterocycles. The van der Waals surface area contributed by atoms with Gasteiger partial charge in [0, 0.05) is 12.6 Å². The minimum absolute atomic E-state index is 0.00138. The fourth-order valence-corrected chi connectivity index (χ4v) is 3.90. The Labute approximate surface area is 188 Å². The molecule has 1 N–H and O–H groups in total. The van der Waals surface area contributed by atoms with Crippen LogP contribution in [0, 0.1) is 5.82 Å². The van der Waals surface area contributed by atoms with Crippen LogP contribution in [0.5, 0.6) is 11.5 Å². The van der Waals surface area contributed by atoms with Gasteiger partial charge in [-0.3, -0.25) is 9.59 Å². The Morgan fingerprint density at radius 2 is 1.88 bits per heavy atom. The smallest absolute Gasteiger partial charge is 0.261 e. The zero-order valence-electron chi connectivity index (χ0n) is 18.7. The van der Waals surface area contributed by atoms with Gasteiger partial charge in [0.2, 0.25) is 5.91 Å². The molecule has 0 bridgehead atoms. The molecular formula is C25H31FN2O4. The van der Waals surface area contributed by atoms with Crippen molar-refractivity contribution in [2.24, 2.45) is 0 Å². The number of halogens is 1. The topological polar surface area (TPSA) is 67.9 Å². The highest BCUT2D eigenvalue weighted by atomic mass is 19.1. The second kappa shape index (κ2) is 11.5. The Morgan fingerprint density at radius 3 is 2.59 bits per heavy atom. The van der Waals surface area contributed by atoms with E-state index in [0.717, 1.165) is 31.2 Å². The Kier molecular flexibility index (Phi) is 8.48. The van der Waals surface area contributed by atoms with Crippen LogP contribution in [0.3, 0.4) is 0 Å². The molecule has 172 valence electrons. The van der Waals surface area contributed by atoms with Crippen molar-refractivity contribution in [3.05, 3.63) is 59.9 Å². The largest absolute Gasteiger partial charge is 0.497 e. The maximum absolute atomic E-state index is 13.9. The minimum atomic E-state index is -0.708. The third-order valence-electron chi connectivity index (χ3n) is 5.79. The third kappa shape index (κ3) is 6.45. The Bertz CT molecular complexity index is 914. The molecule has 0 saturated heterocycles. The first-order valence-electron chi connectivity index (χ1n) is 11.1. The number of ether oxygens (including phenoxy) is 2. The highest BCUT2D eigenvalue weighted by molar-refractivity contribution is 5.88. The van der Waals surface area contributed by atoms with Gasteiger partial charge in [-0.2, -0.15) is 0 Å². The number of carbonyl (C=O) groups is 2. The molecule has 1 aliphatic carbocycles. The van der Waals surface area contributed by atoms with E-state index >= 15 is 0 Å². The molecule has 2 amide bonds.